The minimum absolute atomic E-state index is 0.197. The minimum Gasteiger partial charge on any atom is -0.410 e. The average Bonchev–Trinajstić information content (AvgIpc) is 2.01. The summed E-state index contributed by atoms with van der Waals surface area (Å²) in [6.45, 7) is 5.38. The fourth-order valence-corrected chi connectivity index (χ4v) is 0.322. The summed E-state index contributed by atoms with van der Waals surface area (Å²) in [6.07, 6.45) is 2.38. The van der Waals surface area contributed by atoms with E-state index in [1.54, 1.807) is 6.92 Å². The lowest BCUT2D eigenvalue weighted by Crippen LogP contribution is -2.14. The zero-order valence-electron chi connectivity index (χ0n) is 6.64. The lowest BCUT2D eigenvalue weighted by Gasteiger charge is -2.02. The highest BCUT2D eigenvalue weighted by Gasteiger charge is 1.91. The van der Waals surface area contributed by atoms with Gasteiger partial charge in [0.05, 0.1) is 7.11 Å². The molecule has 4 nitrogen and oxygen atoms in total. The van der Waals surface area contributed by atoms with Gasteiger partial charge in [-0.3, -0.25) is 9.68 Å². The zero-order valence-corrected chi connectivity index (χ0v) is 6.64. The van der Waals surface area contributed by atoms with E-state index in [1.165, 1.54) is 7.11 Å². The Labute approximate surface area is 66.0 Å². The van der Waals surface area contributed by atoms with Crippen molar-refractivity contribution < 1.29 is 14.4 Å². The summed E-state index contributed by atoms with van der Waals surface area (Å²) in [5.41, 5.74) is 2.17. The Morgan fingerprint density at radius 2 is 2.36 bits per heavy atom. The molecule has 1 N–H and O–H groups in total. The standard InChI is InChI=1S/C7H11NO3/c1-4-5-10-7(2)6-11-8-9-3/h8H,2,6H2,1,3H3. The number of rotatable bonds is 5. The van der Waals surface area contributed by atoms with Crippen molar-refractivity contribution in [1.82, 2.24) is 5.64 Å². The van der Waals surface area contributed by atoms with Crippen LogP contribution in [0, 0.1) is 12.0 Å². The topological polar surface area (TPSA) is 39.7 Å². The van der Waals surface area contributed by atoms with Gasteiger partial charge in [0, 0.05) is 6.92 Å². The molecule has 0 aliphatic heterocycles. The monoisotopic (exact) mass is 157 g/mol. The highest BCUT2D eigenvalue weighted by molar-refractivity contribution is 4.93. The molecule has 0 unspecified atom stereocenters. The Bertz CT molecular complexity index is 168. The first-order valence-electron chi connectivity index (χ1n) is 2.97. The molecule has 62 valence electrons. The Kier molecular flexibility index (Phi) is 6.43. The molecule has 0 amide bonds. The van der Waals surface area contributed by atoms with Crippen molar-refractivity contribution in [2.75, 3.05) is 13.7 Å². The van der Waals surface area contributed by atoms with Gasteiger partial charge in [-0.1, -0.05) is 18.1 Å². The molecule has 0 radical (unpaired) electrons. The molecule has 4 heteroatoms. The van der Waals surface area contributed by atoms with Crippen molar-refractivity contribution in [3.8, 4) is 12.0 Å². The van der Waals surface area contributed by atoms with Gasteiger partial charge < -0.3 is 4.74 Å². The van der Waals surface area contributed by atoms with Crippen molar-refractivity contribution in [3.63, 3.8) is 0 Å². The summed E-state index contributed by atoms with van der Waals surface area (Å²) in [5, 5.41) is 0. The summed E-state index contributed by atoms with van der Waals surface area (Å²) in [6, 6.07) is 0. The quantitative estimate of drug-likeness (QED) is 0.274. The van der Waals surface area contributed by atoms with Gasteiger partial charge in [-0.15, -0.1) is 0 Å². The molecule has 0 aromatic rings. The molecule has 0 spiro atoms. The smallest absolute Gasteiger partial charge is 0.138 e. The van der Waals surface area contributed by atoms with Crippen LogP contribution in [0.3, 0.4) is 0 Å². The molecule has 0 bridgehead atoms. The molecule has 0 aliphatic carbocycles. The molecule has 0 atom stereocenters. The van der Waals surface area contributed by atoms with Crippen LogP contribution in [0.2, 0.25) is 0 Å². The van der Waals surface area contributed by atoms with Gasteiger partial charge in [0.15, 0.2) is 0 Å². The second kappa shape index (κ2) is 7.09. The summed E-state index contributed by atoms with van der Waals surface area (Å²) in [7, 11) is 1.44. The SMILES string of the molecule is C=C(CONOC)OC#CC. The Hall–Kier alpha value is -1.02. The van der Waals surface area contributed by atoms with Gasteiger partial charge >= 0.3 is 0 Å². The summed E-state index contributed by atoms with van der Waals surface area (Å²) in [5.74, 6) is 2.97. The van der Waals surface area contributed by atoms with E-state index < -0.39 is 0 Å². The van der Waals surface area contributed by atoms with Crippen molar-refractivity contribution in [2.24, 2.45) is 0 Å². The maximum atomic E-state index is 4.76. The molecule has 0 saturated heterocycles. The van der Waals surface area contributed by atoms with Crippen LogP contribution < -0.4 is 5.64 Å². The molecule has 0 aliphatic rings. The molecular formula is C7H11NO3. The lowest BCUT2D eigenvalue weighted by atomic mass is 10.6. The van der Waals surface area contributed by atoms with Crippen molar-refractivity contribution in [3.05, 3.63) is 12.3 Å². The van der Waals surface area contributed by atoms with E-state index in [4.69, 9.17) is 4.74 Å². The van der Waals surface area contributed by atoms with Crippen LogP contribution >= 0.6 is 0 Å². The van der Waals surface area contributed by atoms with E-state index in [1.807, 2.05) is 0 Å². The van der Waals surface area contributed by atoms with E-state index in [9.17, 15) is 0 Å². The number of ether oxygens (including phenoxy) is 1. The second-order valence-corrected chi connectivity index (χ2v) is 1.57. The first-order valence-corrected chi connectivity index (χ1v) is 2.97. The Balaban J connectivity index is 3.27. The summed E-state index contributed by atoms with van der Waals surface area (Å²) in [4.78, 5) is 9.07. The maximum Gasteiger partial charge on any atom is 0.138 e. The zero-order chi connectivity index (χ0) is 8.53. The molecule has 0 rings (SSSR count). The van der Waals surface area contributed by atoms with Crippen LogP contribution in [-0.4, -0.2) is 13.7 Å². The summed E-state index contributed by atoms with van der Waals surface area (Å²) < 4.78 is 4.76. The van der Waals surface area contributed by atoms with Crippen molar-refractivity contribution >= 4 is 0 Å². The molecule has 0 saturated carbocycles. The normalized spacial score (nSPS) is 8.18. The van der Waals surface area contributed by atoms with Crippen LogP contribution in [0.1, 0.15) is 6.92 Å². The third-order valence-corrected chi connectivity index (χ3v) is 0.673. The predicted octanol–water partition coefficient (Wildman–Crippen LogP) is 0.580. The van der Waals surface area contributed by atoms with E-state index in [0.29, 0.717) is 5.76 Å². The van der Waals surface area contributed by atoms with Gasteiger partial charge in [-0.2, -0.15) is 0 Å². The first kappa shape index (κ1) is 9.98. The third kappa shape index (κ3) is 6.87. The van der Waals surface area contributed by atoms with Gasteiger partial charge in [0.25, 0.3) is 0 Å². The second-order valence-electron chi connectivity index (χ2n) is 1.57. The lowest BCUT2D eigenvalue weighted by molar-refractivity contribution is -0.148. The Morgan fingerprint density at radius 1 is 1.64 bits per heavy atom. The predicted molar refractivity (Wildman–Crippen MR) is 39.8 cm³/mol. The van der Waals surface area contributed by atoms with E-state index in [0.717, 1.165) is 0 Å². The van der Waals surface area contributed by atoms with Crippen molar-refractivity contribution in [1.29, 1.82) is 0 Å². The number of hydrogen-bond acceptors (Lipinski definition) is 4. The van der Waals surface area contributed by atoms with Crippen LogP contribution in [-0.2, 0) is 14.4 Å². The fourth-order valence-electron chi connectivity index (χ4n) is 0.322. The van der Waals surface area contributed by atoms with Crippen LogP contribution in [0.15, 0.2) is 12.3 Å². The third-order valence-electron chi connectivity index (χ3n) is 0.673. The Morgan fingerprint density at radius 3 is 2.91 bits per heavy atom. The maximum absolute atomic E-state index is 4.76. The van der Waals surface area contributed by atoms with E-state index in [-0.39, 0.29) is 6.61 Å². The van der Waals surface area contributed by atoms with Gasteiger partial charge in [-0.25, -0.2) is 0 Å². The average molecular weight is 157 g/mol. The molecule has 0 aromatic heterocycles. The molecule has 0 heterocycles. The van der Waals surface area contributed by atoms with Crippen LogP contribution in [0.5, 0.6) is 0 Å². The molecule has 11 heavy (non-hydrogen) atoms. The van der Waals surface area contributed by atoms with Crippen LogP contribution in [0.25, 0.3) is 0 Å². The highest BCUT2D eigenvalue weighted by Crippen LogP contribution is 1.90. The van der Waals surface area contributed by atoms with Gasteiger partial charge in [0.2, 0.25) is 0 Å². The largest absolute Gasteiger partial charge is 0.410 e. The molecule has 0 aromatic carbocycles. The number of nitrogens with one attached hydrogen (secondary N) is 1. The van der Waals surface area contributed by atoms with Crippen LogP contribution in [0.4, 0.5) is 0 Å². The molecule has 0 fully saturated rings. The fraction of sp³-hybridized carbons (Fsp3) is 0.429. The van der Waals surface area contributed by atoms with Crippen molar-refractivity contribution in [2.45, 2.75) is 6.92 Å². The highest BCUT2D eigenvalue weighted by atomic mass is 16.9. The first-order chi connectivity index (χ1) is 5.31. The van der Waals surface area contributed by atoms with E-state index in [2.05, 4.69) is 33.9 Å². The van der Waals surface area contributed by atoms with Gasteiger partial charge in [0.1, 0.15) is 18.5 Å². The minimum atomic E-state index is 0.197. The summed E-state index contributed by atoms with van der Waals surface area (Å²) >= 11 is 0. The van der Waals surface area contributed by atoms with Gasteiger partial charge in [-0.05, 0) is 0 Å². The van der Waals surface area contributed by atoms with E-state index >= 15 is 0 Å². The molecular weight excluding hydrogens is 146 g/mol. The number of hydrogen-bond donors (Lipinski definition) is 1.